The predicted molar refractivity (Wildman–Crippen MR) is 110 cm³/mol. The number of morpholine rings is 1. The molecule has 1 aromatic rings. The minimum atomic E-state index is -1.20. The summed E-state index contributed by atoms with van der Waals surface area (Å²) in [5.41, 5.74) is -0.373. The topological polar surface area (TPSA) is 115 Å². The van der Waals surface area contributed by atoms with Crippen molar-refractivity contribution in [2.24, 2.45) is 0 Å². The number of hydrogen-bond donors (Lipinski definition) is 2. The van der Waals surface area contributed by atoms with E-state index in [2.05, 4.69) is 10.6 Å². The lowest BCUT2D eigenvalue weighted by atomic mass is 9.94. The van der Waals surface area contributed by atoms with Crippen molar-refractivity contribution in [3.8, 4) is 5.75 Å². The Labute approximate surface area is 181 Å². The molecule has 2 aliphatic heterocycles. The van der Waals surface area contributed by atoms with Gasteiger partial charge in [-0.05, 0) is 17.7 Å². The molecule has 0 bridgehead atoms. The number of methoxy groups -OCH3 is 2. The van der Waals surface area contributed by atoms with E-state index in [0.29, 0.717) is 32.1 Å². The number of carbonyl (C=O) groups is 3. The van der Waals surface area contributed by atoms with Crippen LogP contribution in [0, 0.1) is 0 Å². The molecular formula is C21H29N3O7. The normalized spacial score (nSPS) is 18.9. The van der Waals surface area contributed by atoms with Crippen molar-refractivity contribution in [3.05, 3.63) is 29.8 Å². The standard InChI is InChI=1S/C21H29N3O7/c1-28-16-5-3-15(4-6-16)11-17(19(26)29-2)22-20(27)21(13-31-14-21)23-18(25)12-24-7-9-30-10-8-24/h3-6,17H,7-14H2,1-2H3,(H,22,27)(H,23,25)/t17-/m0/s1. The van der Waals surface area contributed by atoms with E-state index in [1.165, 1.54) is 7.11 Å². The van der Waals surface area contributed by atoms with Gasteiger partial charge in [-0.2, -0.15) is 0 Å². The molecule has 0 unspecified atom stereocenters. The zero-order valence-electron chi connectivity index (χ0n) is 17.8. The van der Waals surface area contributed by atoms with Gasteiger partial charge >= 0.3 is 5.97 Å². The number of ether oxygens (including phenoxy) is 4. The number of esters is 1. The van der Waals surface area contributed by atoms with Crippen molar-refractivity contribution in [1.82, 2.24) is 15.5 Å². The molecule has 3 rings (SSSR count). The van der Waals surface area contributed by atoms with Gasteiger partial charge in [-0.15, -0.1) is 0 Å². The van der Waals surface area contributed by atoms with Crippen LogP contribution in [-0.4, -0.2) is 94.5 Å². The number of carbonyl (C=O) groups excluding carboxylic acids is 3. The second-order valence-electron chi connectivity index (χ2n) is 7.61. The summed E-state index contributed by atoms with van der Waals surface area (Å²) in [5, 5.41) is 5.51. The summed E-state index contributed by atoms with van der Waals surface area (Å²) in [6, 6.07) is 6.28. The molecule has 2 heterocycles. The van der Waals surface area contributed by atoms with Gasteiger partial charge < -0.3 is 29.6 Å². The third-order valence-corrected chi connectivity index (χ3v) is 5.37. The van der Waals surface area contributed by atoms with E-state index in [1.807, 2.05) is 17.0 Å². The molecule has 2 saturated heterocycles. The van der Waals surface area contributed by atoms with E-state index in [-0.39, 0.29) is 32.1 Å². The highest BCUT2D eigenvalue weighted by atomic mass is 16.5. The van der Waals surface area contributed by atoms with Crippen molar-refractivity contribution in [3.63, 3.8) is 0 Å². The fourth-order valence-electron chi connectivity index (χ4n) is 3.46. The minimum Gasteiger partial charge on any atom is -0.497 e. The van der Waals surface area contributed by atoms with E-state index >= 15 is 0 Å². The number of rotatable bonds is 9. The SMILES string of the molecule is COC(=O)[C@H](Cc1ccc(OC)cc1)NC(=O)C1(NC(=O)CN2CCOCC2)COC1. The Hall–Kier alpha value is -2.69. The third-order valence-electron chi connectivity index (χ3n) is 5.37. The van der Waals surface area contributed by atoms with Crippen LogP contribution in [0.3, 0.4) is 0 Å². The van der Waals surface area contributed by atoms with E-state index < -0.39 is 23.5 Å². The molecule has 2 amide bonds. The van der Waals surface area contributed by atoms with Crippen LogP contribution in [0.5, 0.6) is 5.75 Å². The number of amides is 2. The first-order chi connectivity index (χ1) is 15.0. The second kappa shape index (κ2) is 10.6. The summed E-state index contributed by atoms with van der Waals surface area (Å²) >= 11 is 0. The minimum absolute atomic E-state index is 0.0457. The van der Waals surface area contributed by atoms with E-state index in [4.69, 9.17) is 18.9 Å². The van der Waals surface area contributed by atoms with Crippen LogP contribution in [-0.2, 0) is 35.0 Å². The molecule has 31 heavy (non-hydrogen) atoms. The van der Waals surface area contributed by atoms with Crippen molar-refractivity contribution in [2.45, 2.75) is 18.0 Å². The molecule has 170 valence electrons. The number of benzene rings is 1. The summed E-state index contributed by atoms with van der Waals surface area (Å²) in [4.78, 5) is 39.8. The van der Waals surface area contributed by atoms with Gasteiger partial charge in [0.05, 0.1) is 47.2 Å². The van der Waals surface area contributed by atoms with Crippen molar-refractivity contribution >= 4 is 17.8 Å². The monoisotopic (exact) mass is 435 g/mol. The quantitative estimate of drug-likeness (QED) is 0.480. The van der Waals surface area contributed by atoms with Gasteiger partial charge in [0.2, 0.25) is 5.91 Å². The number of nitrogens with zero attached hydrogens (tertiary/aromatic N) is 1. The fourth-order valence-corrected chi connectivity index (χ4v) is 3.46. The maximum Gasteiger partial charge on any atom is 0.328 e. The van der Waals surface area contributed by atoms with Crippen LogP contribution in [0.4, 0.5) is 0 Å². The Morgan fingerprint density at radius 3 is 2.32 bits per heavy atom. The second-order valence-corrected chi connectivity index (χ2v) is 7.61. The molecule has 0 aromatic heterocycles. The van der Waals surface area contributed by atoms with Crippen LogP contribution in [0.2, 0.25) is 0 Å². The van der Waals surface area contributed by atoms with Gasteiger partial charge in [0.1, 0.15) is 11.8 Å². The average Bonchev–Trinajstić information content (AvgIpc) is 2.76. The number of nitrogens with one attached hydrogen (secondary N) is 2. The molecule has 0 radical (unpaired) electrons. The molecular weight excluding hydrogens is 406 g/mol. The molecule has 10 heteroatoms. The highest BCUT2D eigenvalue weighted by molar-refractivity contribution is 5.95. The molecule has 2 aliphatic rings. The Morgan fingerprint density at radius 2 is 1.77 bits per heavy atom. The Morgan fingerprint density at radius 1 is 1.10 bits per heavy atom. The molecule has 0 aliphatic carbocycles. The summed E-state index contributed by atoms with van der Waals surface area (Å²) < 4.78 is 20.5. The van der Waals surface area contributed by atoms with Crippen molar-refractivity contribution in [2.75, 3.05) is 60.3 Å². The first kappa shape index (κ1) is 23.0. The number of hydrogen-bond acceptors (Lipinski definition) is 8. The zero-order valence-corrected chi connectivity index (χ0v) is 17.8. The highest BCUT2D eigenvalue weighted by Crippen LogP contribution is 2.19. The molecule has 1 aromatic carbocycles. The average molecular weight is 435 g/mol. The Kier molecular flexibility index (Phi) is 7.83. The molecule has 2 N–H and O–H groups in total. The molecule has 0 saturated carbocycles. The van der Waals surface area contributed by atoms with E-state index in [9.17, 15) is 14.4 Å². The lowest BCUT2D eigenvalue weighted by Gasteiger charge is -2.41. The maximum atomic E-state index is 13.0. The highest BCUT2D eigenvalue weighted by Gasteiger charge is 2.48. The van der Waals surface area contributed by atoms with Crippen LogP contribution >= 0.6 is 0 Å². The van der Waals surface area contributed by atoms with Crippen LogP contribution < -0.4 is 15.4 Å². The molecule has 1 atom stereocenters. The van der Waals surface area contributed by atoms with Gasteiger partial charge in [0.15, 0.2) is 5.54 Å². The molecule has 0 spiro atoms. The third kappa shape index (κ3) is 5.93. The fraction of sp³-hybridized carbons (Fsp3) is 0.571. The van der Waals surface area contributed by atoms with Crippen LogP contribution in [0.15, 0.2) is 24.3 Å². The van der Waals surface area contributed by atoms with Crippen LogP contribution in [0.25, 0.3) is 0 Å². The van der Waals surface area contributed by atoms with Gasteiger partial charge in [0, 0.05) is 19.5 Å². The van der Waals surface area contributed by atoms with Crippen molar-refractivity contribution in [1.29, 1.82) is 0 Å². The molecule has 2 fully saturated rings. The zero-order chi connectivity index (χ0) is 22.3. The van der Waals surface area contributed by atoms with E-state index in [1.54, 1.807) is 19.2 Å². The first-order valence-electron chi connectivity index (χ1n) is 10.2. The summed E-state index contributed by atoms with van der Waals surface area (Å²) in [6.07, 6.45) is 0.237. The Bertz CT molecular complexity index is 774. The maximum absolute atomic E-state index is 13.0. The van der Waals surface area contributed by atoms with Crippen molar-refractivity contribution < 1.29 is 33.3 Å². The smallest absolute Gasteiger partial charge is 0.328 e. The van der Waals surface area contributed by atoms with Gasteiger partial charge in [-0.1, -0.05) is 12.1 Å². The van der Waals surface area contributed by atoms with Crippen LogP contribution in [0.1, 0.15) is 5.56 Å². The van der Waals surface area contributed by atoms with Gasteiger partial charge in [-0.25, -0.2) is 4.79 Å². The lowest BCUT2D eigenvalue weighted by molar-refractivity contribution is -0.157. The van der Waals surface area contributed by atoms with E-state index in [0.717, 1.165) is 5.56 Å². The van der Waals surface area contributed by atoms with Gasteiger partial charge in [-0.3, -0.25) is 14.5 Å². The van der Waals surface area contributed by atoms with Gasteiger partial charge in [0.25, 0.3) is 5.91 Å². The summed E-state index contributed by atoms with van der Waals surface area (Å²) in [7, 11) is 2.84. The Balaban J connectivity index is 1.62. The summed E-state index contributed by atoms with van der Waals surface area (Å²) in [6.45, 7) is 2.74. The first-order valence-corrected chi connectivity index (χ1v) is 10.2. The summed E-state index contributed by atoms with van der Waals surface area (Å²) in [5.74, 6) is -0.627. The molecule has 10 nitrogen and oxygen atoms in total. The lowest BCUT2D eigenvalue weighted by Crippen LogP contribution is -2.72. The predicted octanol–water partition coefficient (Wildman–Crippen LogP) is -0.887. The largest absolute Gasteiger partial charge is 0.497 e.